The number of nitrogens with zero attached hydrogens (tertiary/aromatic N) is 3. The van der Waals surface area contributed by atoms with Crippen molar-refractivity contribution in [1.82, 2.24) is 15.0 Å². The zero-order valence-corrected chi connectivity index (χ0v) is 8.56. The second kappa shape index (κ2) is 4.09. The van der Waals surface area contributed by atoms with Crippen molar-refractivity contribution in [1.29, 1.82) is 0 Å². The Morgan fingerprint density at radius 3 is 2.93 bits per heavy atom. The summed E-state index contributed by atoms with van der Waals surface area (Å²) in [5.74, 6) is 0.437. The third-order valence-electron chi connectivity index (χ3n) is 3.06. The van der Waals surface area contributed by atoms with E-state index >= 15 is 0 Å². The van der Waals surface area contributed by atoms with Gasteiger partial charge in [0.15, 0.2) is 0 Å². The number of aryl methyl sites for hydroxylation is 1. The third-order valence-corrected chi connectivity index (χ3v) is 3.06. The molecule has 1 aliphatic rings. The number of hydrogen-bond donors (Lipinski definition) is 1. The van der Waals surface area contributed by atoms with Crippen molar-refractivity contribution < 1.29 is 5.11 Å². The van der Waals surface area contributed by atoms with Gasteiger partial charge in [-0.05, 0) is 19.3 Å². The Morgan fingerprint density at radius 2 is 2.21 bits per heavy atom. The van der Waals surface area contributed by atoms with Gasteiger partial charge in [-0.2, -0.15) is 0 Å². The van der Waals surface area contributed by atoms with Gasteiger partial charge in [0.25, 0.3) is 0 Å². The lowest BCUT2D eigenvalue weighted by atomic mass is 9.96. The molecule has 2 unspecified atom stereocenters. The maximum atomic E-state index is 9.70. The van der Waals surface area contributed by atoms with E-state index in [4.69, 9.17) is 0 Å². The highest BCUT2D eigenvalue weighted by Crippen LogP contribution is 2.30. The molecule has 0 aromatic carbocycles. The van der Waals surface area contributed by atoms with E-state index in [9.17, 15) is 5.11 Å². The highest BCUT2D eigenvalue weighted by atomic mass is 16.3. The van der Waals surface area contributed by atoms with E-state index in [0.29, 0.717) is 5.92 Å². The zero-order chi connectivity index (χ0) is 9.97. The lowest BCUT2D eigenvalue weighted by Crippen LogP contribution is -2.12. The van der Waals surface area contributed by atoms with Gasteiger partial charge in [0.2, 0.25) is 0 Å². The monoisotopic (exact) mass is 195 g/mol. The van der Waals surface area contributed by atoms with Crippen LogP contribution < -0.4 is 0 Å². The van der Waals surface area contributed by atoms with Crippen molar-refractivity contribution in [2.24, 2.45) is 7.05 Å². The van der Waals surface area contributed by atoms with Crippen molar-refractivity contribution in [3.63, 3.8) is 0 Å². The molecule has 2 atom stereocenters. The lowest BCUT2D eigenvalue weighted by molar-refractivity contribution is 0.151. The Balaban J connectivity index is 2.13. The molecule has 4 nitrogen and oxygen atoms in total. The van der Waals surface area contributed by atoms with Crippen LogP contribution in [0.1, 0.15) is 43.7 Å². The molecule has 0 amide bonds. The van der Waals surface area contributed by atoms with Crippen molar-refractivity contribution in [2.45, 2.75) is 44.1 Å². The van der Waals surface area contributed by atoms with E-state index in [1.807, 2.05) is 17.9 Å². The summed E-state index contributed by atoms with van der Waals surface area (Å²) < 4.78 is 1.82. The van der Waals surface area contributed by atoms with Gasteiger partial charge in [-0.1, -0.05) is 18.1 Å². The molecule has 1 aromatic rings. The summed E-state index contributed by atoms with van der Waals surface area (Å²) in [6, 6.07) is 0. The van der Waals surface area contributed by atoms with E-state index in [2.05, 4.69) is 10.3 Å². The molecule has 0 spiro atoms. The van der Waals surface area contributed by atoms with Gasteiger partial charge in [-0.3, -0.25) is 4.68 Å². The minimum atomic E-state index is -0.141. The number of aliphatic hydroxyl groups is 1. The van der Waals surface area contributed by atoms with Crippen LogP contribution in [0, 0.1) is 0 Å². The van der Waals surface area contributed by atoms with E-state index in [0.717, 1.165) is 31.4 Å². The average Bonchev–Trinajstić information content (AvgIpc) is 2.45. The first-order valence-corrected chi connectivity index (χ1v) is 5.30. The van der Waals surface area contributed by atoms with Gasteiger partial charge in [0.1, 0.15) is 0 Å². The highest BCUT2D eigenvalue weighted by molar-refractivity contribution is 5.04. The van der Waals surface area contributed by atoms with Gasteiger partial charge in [0.05, 0.1) is 18.0 Å². The Hall–Kier alpha value is -0.900. The van der Waals surface area contributed by atoms with Gasteiger partial charge in [-0.15, -0.1) is 5.10 Å². The number of hydrogen-bond acceptors (Lipinski definition) is 3. The standard InChI is InChI=1S/C10H17N3O/c1-13-10(7-11-12-13)8-4-2-3-5-9(14)6-8/h7-9,14H,2-6H2,1H3. The van der Waals surface area contributed by atoms with Gasteiger partial charge >= 0.3 is 0 Å². The predicted molar refractivity (Wildman–Crippen MR) is 52.8 cm³/mol. The van der Waals surface area contributed by atoms with Crippen LogP contribution in [-0.4, -0.2) is 26.2 Å². The Kier molecular flexibility index (Phi) is 2.82. The fourth-order valence-electron chi connectivity index (χ4n) is 2.27. The number of aromatic nitrogens is 3. The van der Waals surface area contributed by atoms with Crippen LogP contribution in [-0.2, 0) is 7.05 Å². The van der Waals surface area contributed by atoms with Crippen LogP contribution in [0.3, 0.4) is 0 Å². The van der Waals surface area contributed by atoms with Crippen LogP contribution in [0.4, 0.5) is 0 Å². The van der Waals surface area contributed by atoms with E-state index in [1.165, 1.54) is 6.42 Å². The van der Waals surface area contributed by atoms with E-state index < -0.39 is 0 Å². The first-order chi connectivity index (χ1) is 6.77. The molecule has 0 bridgehead atoms. The molecular weight excluding hydrogens is 178 g/mol. The van der Waals surface area contributed by atoms with E-state index in [-0.39, 0.29) is 6.10 Å². The summed E-state index contributed by atoms with van der Waals surface area (Å²) in [5, 5.41) is 17.5. The normalized spacial score (nSPS) is 28.7. The van der Waals surface area contributed by atoms with Gasteiger partial charge in [0, 0.05) is 13.0 Å². The molecular formula is C10H17N3O. The molecule has 1 fully saturated rings. The minimum Gasteiger partial charge on any atom is -0.393 e. The first-order valence-electron chi connectivity index (χ1n) is 5.30. The quantitative estimate of drug-likeness (QED) is 0.685. The summed E-state index contributed by atoms with van der Waals surface area (Å²) in [6.07, 6.45) is 6.98. The third kappa shape index (κ3) is 1.95. The molecule has 0 aliphatic heterocycles. The lowest BCUT2D eigenvalue weighted by Gasteiger charge is -2.15. The number of aliphatic hydroxyl groups excluding tert-OH is 1. The summed E-state index contributed by atoms with van der Waals surface area (Å²) in [5.41, 5.74) is 1.16. The van der Waals surface area contributed by atoms with Crippen molar-refractivity contribution >= 4 is 0 Å². The van der Waals surface area contributed by atoms with Gasteiger partial charge < -0.3 is 5.11 Å². The molecule has 1 N–H and O–H groups in total. The van der Waals surface area contributed by atoms with Crippen molar-refractivity contribution in [3.8, 4) is 0 Å². The SMILES string of the molecule is Cn1nncc1C1CCCCC(O)C1. The molecule has 0 radical (unpaired) electrons. The van der Waals surface area contributed by atoms with Crippen LogP contribution in [0.25, 0.3) is 0 Å². The summed E-state index contributed by atoms with van der Waals surface area (Å²) >= 11 is 0. The Labute approximate surface area is 83.9 Å². The second-order valence-electron chi connectivity index (χ2n) is 4.15. The van der Waals surface area contributed by atoms with Crippen LogP contribution in [0.5, 0.6) is 0 Å². The molecule has 4 heteroatoms. The largest absolute Gasteiger partial charge is 0.393 e. The van der Waals surface area contributed by atoms with Crippen molar-refractivity contribution in [2.75, 3.05) is 0 Å². The molecule has 78 valence electrons. The first kappa shape index (κ1) is 9.65. The van der Waals surface area contributed by atoms with Crippen LogP contribution in [0.15, 0.2) is 6.20 Å². The molecule has 1 aromatic heterocycles. The fourth-order valence-corrected chi connectivity index (χ4v) is 2.27. The average molecular weight is 195 g/mol. The Morgan fingerprint density at radius 1 is 1.43 bits per heavy atom. The summed E-state index contributed by atoms with van der Waals surface area (Å²) in [6.45, 7) is 0. The predicted octanol–water partition coefficient (Wildman–Crippen LogP) is 1.22. The minimum absolute atomic E-state index is 0.141. The maximum absolute atomic E-state index is 9.70. The second-order valence-corrected chi connectivity index (χ2v) is 4.15. The van der Waals surface area contributed by atoms with Gasteiger partial charge in [-0.25, -0.2) is 0 Å². The fraction of sp³-hybridized carbons (Fsp3) is 0.800. The molecule has 2 rings (SSSR count). The number of rotatable bonds is 1. The van der Waals surface area contributed by atoms with Crippen LogP contribution in [0.2, 0.25) is 0 Å². The summed E-state index contributed by atoms with van der Waals surface area (Å²) in [7, 11) is 1.92. The maximum Gasteiger partial charge on any atom is 0.0727 e. The topological polar surface area (TPSA) is 50.9 Å². The molecule has 0 saturated heterocycles. The molecule has 1 saturated carbocycles. The highest BCUT2D eigenvalue weighted by Gasteiger charge is 2.22. The Bertz CT molecular complexity index is 297. The molecule has 1 aliphatic carbocycles. The summed E-state index contributed by atoms with van der Waals surface area (Å²) in [4.78, 5) is 0. The van der Waals surface area contributed by atoms with Crippen LogP contribution >= 0.6 is 0 Å². The molecule has 14 heavy (non-hydrogen) atoms. The zero-order valence-electron chi connectivity index (χ0n) is 8.56. The van der Waals surface area contributed by atoms with E-state index in [1.54, 1.807) is 0 Å². The van der Waals surface area contributed by atoms with Crippen molar-refractivity contribution in [3.05, 3.63) is 11.9 Å². The smallest absolute Gasteiger partial charge is 0.0727 e. The molecule has 1 heterocycles.